The number of halogens is 1. The Labute approximate surface area is 95.4 Å². The van der Waals surface area contributed by atoms with Gasteiger partial charge in [-0.25, -0.2) is 0 Å². The molecule has 1 aromatic rings. The number of hydrogen-bond donors (Lipinski definition) is 1. The molecule has 0 aliphatic carbocycles. The summed E-state index contributed by atoms with van der Waals surface area (Å²) in [4.78, 5) is 12.8. The SMILES string of the molecule is COC(=O)CN(CN)c1ccccc1.Cl. The van der Waals surface area contributed by atoms with Gasteiger partial charge in [-0.15, -0.1) is 12.4 Å². The molecule has 84 valence electrons. The number of rotatable bonds is 4. The molecule has 0 atom stereocenters. The van der Waals surface area contributed by atoms with Crippen molar-refractivity contribution in [3.63, 3.8) is 0 Å². The number of nitrogens with two attached hydrogens (primary N) is 1. The third kappa shape index (κ3) is 4.18. The highest BCUT2D eigenvalue weighted by Crippen LogP contribution is 2.11. The van der Waals surface area contributed by atoms with Crippen molar-refractivity contribution in [2.75, 3.05) is 25.2 Å². The summed E-state index contributed by atoms with van der Waals surface area (Å²) in [6.07, 6.45) is 0. The average molecular weight is 231 g/mol. The molecule has 0 aliphatic heterocycles. The second-order valence-electron chi connectivity index (χ2n) is 2.79. The minimum atomic E-state index is -0.292. The molecule has 0 amide bonds. The summed E-state index contributed by atoms with van der Waals surface area (Å²) in [5, 5.41) is 0. The van der Waals surface area contributed by atoms with Crippen LogP contribution in [0, 0.1) is 0 Å². The third-order valence-electron chi connectivity index (χ3n) is 1.89. The first-order chi connectivity index (χ1) is 6.77. The van der Waals surface area contributed by atoms with Crippen LogP contribution >= 0.6 is 12.4 Å². The molecule has 1 aromatic carbocycles. The van der Waals surface area contributed by atoms with Gasteiger partial charge in [0.2, 0.25) is 0 Å². The van der Waals surface area contributed by atoms with Crippen LogP contribution in [0.3, 0.4) is 0 Å². The molecule has 4 nitrogen and oxygen atoms in total. The van der Waals surface area contributed by atoms with Crippen LogP contribution in [-0.2, 0) is 9.53 Å². The number of benzene rings is 1. The van der Waals surface area contributed by atoms with E-state index in [9.17, 15) is 4.79 Å². The number of para-hydroxylation sites is 1. The molecule has 0 bridgehead atoms. The van der Waals surface area contributed by atoms with Crippen LogP contribution in [0.15, 0.2) is 30.3 Å². The molecule has 0 heterocycles. The molecule has 0 fully saturated rings. The number of ether oxygens (including phenoxy) is 1. The molecular formula is C10H15ClN2O2. The quantitative estimate of drug-likeness (QED) is 0.620. The van der Waals surface area contributed by atoms with Crippen molar-refractivity contribution < 1.29 is 9.53 Å². The van der Waals surface area contributed by atoms with E-state index in [4.69, 9.17) is 5.73 Å². The normalized spacial score (nSPS) is 8.93. The second kappa shape index (κ2) is 7.09. The highest BCUT2D eigenvalue weighted by atomic mass is 35.5. The van der Waals surface area contributed by atoms with E-state index in [0.717, 1.165) is 5.69 Å². The van der Waals surface area contributed by atoms with Gasteiger partial charge in [-0.1, -0.05) is 18.2 Å². The van der Waals surface area contributed by atoms with Gasteiger partial charge in [0.1, 0.15) is 6.54 Å². The van der Waals surface area contributed by atoms with Crippen LogP contribution in [-0.4, -0.2) is 26.3 Å². The fourth-order valence-corrected chi connectivity index (χ4v) is 1.12. The molecule has 15 heavy (non-hydrogen) atoms. The molecular weight excluding hydrogens is 216 g/mol. The molecule has 0 aromatic heterocycles. The predicted octanol–water partition coefficient (Wildman–Crippen LogP) is 1.00. The van der Waals surface area contributed by atoms with Crippen molar-refractivity contribution in [1.82, 2.24) is 0 Å². The van der Waals surface area contributed by atoms with Crippen molar-refractivity contribution >= 4 is 24.1 Å². The van der Waals surface area contributed by atoms with Crippen LogP contribution < -0.4 is 10.6 Å². The number of esters is 1. The van der Waals surface area contributed by atoms with Gasteiger partial charge in [0.05, 0.1) is 13.8 Å². The molecule has 5 heteroatoms. The zero-order chi connectivity index (χ0) is 10.4. The maximum atomic E-state index is 11.0. The van der Waals surface area contributed by atoms with Crippen LogP contribution in [0.25, 0.3) is 0 Å². The number of anilines is 1. The minimum absolute atomic E-state index is 0. The maximum Gasteiger partial charge on any atom is 0.325 e. The van der Waals surface area contributed by atoms with Gasteiger partial charge in [-0.2, -0.15) is 0 Å². The van der Waals surface area contributed by atoms with E-state index in [1.807, 2.05) is 30.3 Å². The third-order valence-corrected chi connectivity index (χ3v) is 1.89. The zero-order valence-electron chi connectivity index (χ0n) is 8.55. The summed E-state index contributed by atoms with van der Waals surface area (Å²) < 4.78 is 4.57. The molecule has 1 rings (SSSR count). The molecule has 0 unspecified atom stereocenters. The first-order valence-corrected chi connectivity index (χ1v) is 4.35. The predicted molar refractivity (Wildman–Crippen MR) is 62.1 cm³/mol. The number of carbonyl (C=O) groups is 1. The summed E-state index contributed by atoms with van der Waals surface area (Å²) in [6.45, 7) is 0.468. The largest absolute Gasteiger partial charge is 0.468 e. The van der Waals surface area contributed by atoms with Crippen LogP contribution in [0.1, 0.15) is 0 Å². The summed E-state index contributed by atoms with van der Waals surface area (Å²) in [5.41, 5.74) is 6.44. The maximum absolute atomic E-state index is 11.0. The highest BCUT2D eigenvalue weighted by Gasteiger charge is 2.08. The topological polar surface area (TPSA) is 55.6 Å². The van der Waals surface area contributed by atoms with Gasteiger partial charge < -0.3 is 15.4 Å². The Balaban J connectivity index is 0.00000196. The van der Waals surface area contributed by atoms with Crippen molar-refractivity contribution in [3.05, 3.63) is 30.3 Å². The lowest BCUT2D eigenvalue weighted by Gasteiger charge is -2.20. The number of carbonyl (C=O) groups excluding carboxylic acids is 1. The van der Waals surface area contributed by atoms with E-state index < -0.39 is 0 Å². The molecule has 2 N–H and O–H groups in total. The van der Waals surface area contributed by atoms with E-state index in [2.05, 4.69) is 4.74 Å². The molecule has 0 radical (unpaired) electrons. The van der Waals surface area contributed by atoms with Gasteiger partial charge >= 0.3 is 5.97 Å². The van der Waals surface area contributed by atoms with Crippen LogP contribution in [0.4, 0.5) is 5.69 Å². The van der Waals surface area contributed by atoms with Gasteiger partial charge in [-0.05, 0) is 12.1 Å². The monoisotopic (exact) mass is 230 g/mol. The van der Waals surface area contributed by atoms with Gasteiger partial charge in [0, 0.05) is 5.69 Å². The molecule has 0 saturated carbocycles. The molecule has 0 aliphatic rings. The lowest BCUT2D eigenvalue weighted by Crippen LogP contribution is -2.35. The van der Waals surface area contributed by atoms with Gasteiger partial charge in [0.25, 0.3) is 0 Å². The Hall–Kier alpha value is -1.26. The summed E-state index contributed by atoms with van der Waals surface area (Å²) >= 11 is 0. The highest BCUT2D eigenvalue weighted by molar-refractivity contribution is 5.85. The van der Waals surface area contributed by atoms with E-state index in [1.165, 1.54) is 7.11 Å². The number of methoxy groups -OCH3 is 1. The second-order valence-corrected chi connectivity index (χ2v) is 2.79. The van der Waals surface area contributed by atoms with Gasteiger partial charge in [0.15, 0.2) is 0 Å². The fraction of sp³-hybridized carbons (Fsp3) is 0.300. The van der Waals surface area contributed by atoms with Crippen molar-refractivity contribution in [2.45, 2.75) is 0 Å². The molecule has 0 spiro atoms. The van der Waals surface area contributed by atoms with E-state index in [0.29, 0.717) is 6.67 Å². The van der Waals surface area contributed by atoms with Crippen molar-refractivity contribution in [1.29, 1.82) is 0 Å². The fourth-order valence-electron chi connectivity index (χ4n) is 1.12. The minimum Gasteiger partial charge on any atom is -0.468 e. The van der Waals surface area contributed by atoms with E-state index in [1.54, 1.807) is 4.90 Å². The molecule has 0 saturated heterocycles. The van der Waals surface area contributed by atoms with Gasteiger partial charge in [-0.3, -0.25) is 4.79 Å². The Kier molecular flexibility index (Phi) is 6.49. The smallest absolute Gasteiger partial charge is 0.325 e. The van der Waals surface area contributed by atoms with E-state index >= 15 is 0 Å². The van der Waals surface area contributed by atoms with E-state index in [-0.39, 0.29) is 24.9 Å². The van der Waals surface area contributed by atoms with Crippen LogP contribution in [0.5, 0.6) is 0 Å². The zero-order valence-corrected chi connectivity index (χ0v) is 9.37. The first kappa shape index (κ1) is 13.7. The standard InChI is InChI=1S/C10H14N2O2.ClH/c1-14-10(13)7-12(8-11)9-5-3-2-4-6-9;/h2-6H,7-8,11H2,1H3;1H. The lowest BCUT2D eigenvalue weighted by atomic mass is 10.3. The van der Waals surface area contributed by atoms with Crippen LogP contribution in [0.2, 0.25) is 0 Å². The number of nitrogens with zero attached hydrogens (tertiary/aromatic N) is 1. The Morgan fingerprint density at radius 3 is 2.47 bits per heavy atom. The summed E-state index contributed by atoms with van der Waals surface area (Å²) in [6, 6.07) is 9.51. The summed E-state index contributed by atoms with van der Waals surface area (Å²) in [5.74, 6) is -0.292. The Bertz CT molecular complexity index is 293. The average Bonchev–Trinajstić information content (AvgIpc) is 2.26. The van der Waals surface area contributed by atoms with Crippen molar-refractivity contribution in [3.8, 4) is 0 Å². The number of hydrogen-bond acceptors (Lipinski definition) is 4. The van der Waals surface area contributed by atoms with Crippen molar-refractivity contribution in [2.24, 2.45) is 5.73 Å². The first-order valence-electron chi connectivity index (χ1n) is 4.35. The lowest BCUT2D eigenvalue weighted by molar-refractivity contribution is -0.138. The Morgan fingerprint density at radius 2 is 2.00 bits per heavy atom. The summed E-state index contributed by atoms with van der Waals surface area (Å²) in [7, 11) is 1.36. The Morgan fingerprint density at radius 1 is 1.40 bits per heavy atom.